The van der Waals surface area contributed by atoms with E-state index in [0.717, 1.165) is 0 Å². The van der Waals surface area contributed by atoms with E-state index in [-0.39, 0.29) is 23.6 Å². The number of carbonyl (C=O) groups excluding carboxylic acids is 2. The molecule has 164 valence electrons. The Morgan fingerprint density at radius 1 is 1.25 bits per heavy atom. The normalized spacial score (nSPS) is 10.8. The molecule has 0 aliphatic carbocycles. The van der Waals surface area contributed by atoms with E-state index in [2.05, 4.69) is 15.6 Å². The highest BCUT2D eigenvalue weighted by Crippen LogP contribution is 2.21. The molecule has 0 saturated carbocycles. The van der Waals surface area contributed by atoms with Crippen LogP contribution in [0.1, 0.15) is 27.3 Å². The van der Waals surface area contributed by atoms with Crippen molar-refractivity contribution in [2.75, 3.05) is 0 Å². The van der Waals surface area contributed by atoms with E-state index in [1.807, 2.05) is 0 Å². The molecule has 1 N–H and O–H groups in total. The molecule has 10 nitrogen and oxygen atoms in total. The monoisotopic (exact) mass is 455 g/mol. The molecular formula is C21H18ClN5O5. The molecule has 3 aromatic rings. The molecule has 3 rings (SSSR count). The summed E-state index contributed by atoms with van der Waals surface area (Å²) in [5.74, 6) is -0.693. The Balaban J connectivity index is 1.55. The standard InChI is InChI=1S/C21H18ClN5O5/c1-13-20(27(30)31)14(2)26(25-13)12-19(28)24-23-11-15-6-8-18(9-7-15)32-21(29)16-4-3-5-17(22)10-16/h3-11H,12H2,1-2H3,(H,24,28). The zero-order valence-corrected chi connectivity index (χ0v) is 17.9. The van der Waals surface area contributed by atoms with Crippen molar-refractivity contribution in [1.82, 2.24) is 15.2 Å². The molecule has 0 atom stereocenters. The molecule has 0 saturated heterocycles. The van der Waals surface area contributed by atoms with Crippen molar-refractivity contribution in [2.45, 2.75) is 20.4 Å². The summed E-state index contributed by atoms with van der Waals surface area (Å²) in [6.07, 6.45) is 1.41. The lowest BCUT2D eigenvalue weighted by atomic mass is 10.2. The topological polar surface area (TPSA) is 129 Å². The highest BCUT2D eigenvalue weighted by Gasteiger charge is 2.22. The molecule has 0 bridgehead atoms. The summed E-state index contributed by atoms with van der Waals surface area (Å²) in [7, 11) is 0. The molecule has 0 radical (unpaired) electrons. The quantitative estimate of drug-likeness (QED) is 0.191. The first kappa shape index (κ1) is 22.6. The third kappa shape index (κ3) is 5.55. The van der Waals surface area contributed by atoms with Crippen LogP contribution >= 0.6 is 11.6 Å². The van der Waals surface area contributed by atoms with E-state index in [0.29, 0.717) is 21.9 Å². The van der Waals surface area contributed by atoms with E-state index in [9.17, 15) is 19.7 Å². The second-order valence-corrected chi connectivity index (χ2v) is 7.13. The third-order valence-corrected chi connectivity index (χ3v) is 4.61. The number of aromatic nitrogens is 2. The van der Waals surface area contributed by atoms with Crippen LogP contribution in [0.4, 0.5) is 5.69 Å². The Morgan fingerprint density at radius 3 is 2.59 bits per heavy atom. The number of halogens is 1. The summed E-state index contributed by atoms with van der Waals surface area (Å²) in [5, 5.41) is 19.3. The Bertz CT molecular complexity index is 1200. The molecular weight excluding hydrogens is 438 g/mol. The van der Waals surface area contributed by atoms with Crippen LogP contribution in [-0.2, 0) is 11.3 Å². The Hall–Kier alpha value is -4.05. The van der Waals surface area contributed by atoms with Crippen molar-refractivity contribution in [3.8, 4) is 5.75 Å². The van der Waals surface area contributed by atoms with Gasteiger partial charge in [-0.2, -0.15) is 10.2 Å². The minimum atomic E-state index is -0.537. The first-order valence-electron chi connectivity index (χ1n) is 9.32. The second kappa shape index (κ2) is 9.84. The molecule has 1 aromatic heterocycles. The minimum Gasteiger partial charge on any atom is -0.423 e. The lowest BCUT2D eigenvalue weighted by Crippen LogP contribution is -2.24. The average Bonchev–Trinajstić information content (AvgIpc) is 3.02. The maximum absolute atomic E-state index is 12.1. The maximum Gasteiger partial charge on any atom is 0.343 e. The van der Waals surface area contributed by atoms with Crippen molar-refractivity contribution < 1.29 is 19.2 Å². The fraction of sp³-hybridized carbons (Fsp3) is 0.143. The summed E-state index contributed by atoms with van der Waals surface area (Å²) in [6.45, 7) is 2.82. The van der Waals surface area contributed by atoms with Gasteiger partial charge in [0.15, 0.2) is 0 Å². The number of amides is 1. The number of benzene rings is 2. The molecule has 0 aliphatic rings. The zero-order chi connectivity index (χ0) is 23.3. The number of nitro groups is 1. The number of nitrogens with one attached hydrogen (secondary N) is 1. The lowest BCUT2D eigenvalue weighted by molar-refractivity contribution is -0.386. The fourth-order valence-electron chi connectivity index (χ4n) is 2.86. The van der Waals surface area contributed by atoms with Crippen LogP contribution in [0.15, 0.2) is 53.6 Å². The van der Waals surface area contributed by atoms with E-state index in [4.69, 9.17) is 16.3 Å². The van der Waals surface area contributed by atoms with Gasteiger partial charge in [-0.15, -0.1) is 0 Å². The third-order valence-electron chi connectivity index (χ3n) is 4.37. The smallest absolute Gasteiger partial charge is 0.343 e. The number of hydrogen-bond acceptors (Lipinski definition) is 7. The molecule has 1 amide bonds. The second-order valence-electron chi connectivity index (χ2n) is 6.70. The van der Waals surface area contributed by atoms with E-state index in [1.165, 1.54) is 30.8 Å². The lowest BCUT2D eigenvalue weighted by Gasteiger charge is -2.05. The van der Waals surface area contributed by atoms with Gasteiger partial charge < -0.3 is 4.74 Å². The number of esters is 1. The van der Waals surface area contributed by atoms with Crippen LogP contribution in [0.2, 0.25) is 5.02 Å². The molecule has 1 heterocycles. The number of ether oxygens (including phenoxy) is 1. The summed E-state index contributed by atoms with van der Waals surface area (Å²) >= 11 is 5.87. The number of carbonyl (C=O) groups is 2. The first-order chi connectivity index (χ1) is 15.2. The molecule has 32 heavy (non-hydrogen) atoms. The highest BCUT2D eigenvalue weighted by molar-refractivity contribution is 6.30. The number of hydrazone groups is 1. The van der Waals surface area contributed by atoms with Gasteiger partial charge in [0.1, 0.15) is 23.7 Å². The molecule has 0 fully saturated rings. The van der Waals surface area contributed by atoms with Gasteiger partial charge in [0.25, 0.3) is 5.91 Å². The number of nitrogens with zero attached hydrogens (tertiary/aromatic N) is 4. The Kier molecular flexibility index (Phi) is 6.96. The van der Waals surface area contributed by atoms with Crippen LogP contribution in [-0.4, -0.2) is 32.8 Å². The van der Waals surface area contributed by atoms with Crippen LogP contribution in [0.25, 0.3) is 0 Å². The SMILES string of the molecule is Cc1nn(CC(=O)NN=Cc2ccc(OC(=O)c3cccc(Cl)c3)cc2)c(C)c1[N+](=O)[O-]. The van der Waals surface area contributed by atoms with Crippen molar-refractivity contribution in [3.63, 3.8) is 0 Å². The van der Waals surface area contributed by atoms with Gasteiger partial charge in [0.05, 0.1) is 16.7 Å². The van der Waals surface area contributed by atoms with Crippen LogP contribution in [0.3, 0.4) is 0 Å². The summed E-state index contributed by atoms with van der Waals surface area (Å²) in [6, 6.07) is 12.9. The maximum atomic E-state index is 12.1. The van der Waals surface area contributed by atoms with Gasteiger partial charge >= 0.3 is 11.7 Å². The summed E-state index contributed by atoms with van der Waals surface area (Å²) in [4.78, 5) is 34.7. The van der Waals surface area contributed by atoms with Crippen molar-refractivity contribution in [2.24, 2.45) is 5.10 Å². The summed E-state index contributed by atoms with van der Waals surface area (Å²) in [5.41, 5.74) is 3.73. The summed E-state index contributed by atoms with van der Waals surface area (Å²) < 4.78 is 6.54. The van der Waals surface area contributed by atoms with Gasteiger partial charge in [-0.05, 0) is 61.9 Å². The predicted molar refractivity (Wildman–Crippen MR) is 117 cm³/mol. The van der Waals surface area contributed by atoms with Crippen molar-refractivity contribution >= 4 is 35.4 Å². The minimum absolute atomic E-state index is 0.113. The average molecular weight is 456 g/mol. The molecule has 11 heteroatoms. The number of rotatable bonds is 7. The molecule has 0 aliphatic heterocycles. The predicted octanol–water partition coefficient (Wildman–Crippen LogP) is 3.43. The van der Waals surface area contributed by atoms with E-state index < -0.39 is 16.8 Å². The molecule has 2 aromatic carbocycles. The fourth-order valence-corrected chi connectivity index (χ4v) is 3.05. The van der Waals surface area contributed by atoms with Gasteiger partial charge in [0.2, 0.25) is 0 Å². The van der Waals surface area contributed by atoms with Crippen LogP contribution in [0, 0.1) is 24.0 Å². The van der Waals surface area contributed by atoms with Crippen molar-refractivity contribution in [3.05, 3.63) is 86.2 Å². The first-order valence-corrected chi connectivity index (χ1v) is 9.70. The number of hydrogen-bond donors (Lipinski definition) is 1. The van der Waals surface area contributed by atoms with Gasteiger partial charge in [-0.25, -0.2) is 10.2 Å². The highest BCUT2D eigenvalue weighted by atomic mass is 35.5. The molecule has 0 spiro atoms. The van der Waals surface area contributed by atoms with Crippen LogP contribution < -0.4 is 10.2 Å². The molecule has 0 unspecified atom stereocenters. The zero-order valence-electron chi connectivity index (χ0n) is 17.1. The van der Waals surface area contributed by atoms with Crippen molar-refractivity contribution in [1.29, 1.82) is 0 Å². The Labute approximate surface area is 187 Å². The van der Waals surface area contributed by atoms with Gasteiger partial charge in [-0.3, -0.25) is 19.6 Å². The van der Waals surface area contributed by atoms with E-state index >= 15 is 0 Å². The largest absolute Gasteiger partial charge is 0.423 e. The van der Waals surface area contributed by atoms with E-state index in [1.54, 1.807) is 42.5 Å². The number of aryl methyl sites for hydroxylation is 1. The van der Waals surface area contributed by atoms with Gasteiger partial charge in [-0.1, -0.05) is 17.7 Å². The Morgan fingerprint density at radius 2 is 1.97 bits per heavy atom. The van der Waals surface area contributed by atoms with Gasteiger partial charge in [0, 0.05) is 5.02 Å². The van der Waals surface area contributed by atoms with Crippen LogP contribution in [0.5, 0.6) is 5.75 Å².